The van der Waals surface area contributed by atoms with Crippen molar-refractivity contribution in [2.75, 3.05) is 16.2 Å². The van der Waals surface area contributed by atoms with Crippen LogP contribution in [-0.4, -0.2) is 21.1 Å². The van der Waals surface area contributed by atoms with Crippen molar-refractivity contribution in [2.24, 2.45) is 0 Å². The summed E-state index contributed by atoms with van der Waals surface area (Å²) in [4.78, 5) is 12.0. The van der Waals surface area contributed by atoms with Crippen LogP contribution in [0.2, 0.25) is 5.02 Å². The average Bonchev–Trinajstić information content (AvgIpc) is 2.94. The Balaban J connectivity index is 1.58. The molecule has 0 fully saturated rings. The summed E-state index contributed by atoms with van der Waals surface area (Å²) in [5.41, 5.74) is 1.56. The van der Waals surface area contributed by atoms with Crippen LogP contribution < -0.4 is 9.62 Å². The molecule has 0 spiro atoms. The van der Waals surface area contributed by atoms with Gasteiger partial charge in [0.1, 0.15) is 11.6 Å². The van der Waals surface area contributed by atoms with Crippen molar-refractivity contribution in [2.45, 2.75) is 30.7 Å². The first-order valence-electron chi connectivity index (χ1n) is 12.5. The number of aryl methyl sites for hydroxylation is 1. The second kappa shape index (κ2) is 12.9. The molecule has 1 amide bonds. The lowest BCUT2D eigenvalue weighted by Crippen LogP contribution is -2.35. The molecule has 0 aliphatic carbocycles. The van der Waals surface area contributed by atoms with E-state index in [4.69, 9.17) is 16.3 Å². The molecule has 0 saturated carbocycles. The monoisotopic (exact) mass is 584 g/mol. The highest BCUT2D eigenvalue weighted by atomic mass is 35.5. The van der Waals surface area contributed by atoms with E-state index in [0.29, 0.717) is 29.1 Å². The minimum Gasteiger partial charge on any atom is -0.449 e. The topological polar surface area (TPSA) is 75.7 Å². The fourth-order valence-corrected chi connectivity index (χ4v) is 6.08. The SMILES string of the molecule is C[C@H](c1ccccc1CCCOC(=O)Nc1ccccc1)N(c1cc(F)ccc1F)S(=O)(=O)c1ccc(Cl)cc1. The molecule has 4 aromatic carbocycles. The van der Waals surface area contributed by atoms with Gasteiger partial charge >= 0.3 is 6.09 Å². The van der Waals surface area contributed by atoms with Crippen molar-refractivity contribution in [3.63, 3.8) is 0 Å². The highest BCUT2D eigenvalue weighted by molar-refractivity contribution is 7.92. The molecule has 0 unspecified atom stereocenters. The number of anilines is 2. The number of ether oxygens (including phenoxy) is 1. The first kappa shape index (κ1) is 29.0. The molecule has 0 aliphatic rings. The molecular weight excluding hydrogens is 558 g/mol. The van der Waals surface area contributed by atoms with Gasteiger partial charge in [-0.25, -0.2) is 22.0 Å². The predicted molar refractivity (Wildman–Crippen MR) is 152 cm³/mol. The van der Waals surface area contributed by atoms with Gasteiger partial charge in [-0.2, -0.15) is 0 Å². The Kier molecular flexibility index (Phi) is 9.39. The number of halogens is 3. The van der Waals surface area contributed by atoms with Crippen LogP contribution in [0.5, 0.6) is 0 Å². The zero-order chi connectivity index (χ0) is 28.7. The fourth-order valence-electron chi connectivity index (χ4n) is 4.32. The van der Waals surface area contributed by atoms with E-state index >= 15 is 4.39 Å². The number of nitrogens with zero attached hydrogens (tertiary/aromatic N) is 1. The number of hydrogen-bond donors (Lipinski definition) is 1. The molecule has 0 saturated heterocycles. The summed E-state index contributed by atoms with van der Waals surface area (Å²) < 4.78 is 63.2. The van der Waals surface area contributed by atoms with Crippen molar-refractivity contribution in [1.82, 2.24) is 0 Å². The first-order valence-corrected chi connectivity index (χ1v) is 14.3. The highest BCUT2D eigenvalue weighted by Gasteiger charge is 2.33. The molecule has 0 bridgehead atoms. The van der Waals surface area contributed by atoms with E-state index in [1.165, 1.54) is 24.3 Å². The number of sulfonamides is 1. The van der Waals surface area contributed by atoms with Crippen molar-refractivity contribution < 1.29 is 26.7 Å². The van der Waals surface area contributed by atoms with Gasteiger partial charge in [0.15, 0.2) is 0 Å². The van der Waals surface area contributed by atoms with Crippen LogP contribution in [0.4, 0.5) is 25.0 Å². The maximum atomic E-state index is 15.0. The molecule has 4 rings (SSSR count). The molecule has 1 N–H and O–H groups in total. The van der Waals surface area contributed by atoms with Gasteiger partial charge in [-0.3, -0.25) is 9.62 Å². The largest absolute Gasteiger partial charge is 0.449 e. The summed E-state index contributed by atoms with van der Waals surface area (Å²) in [6, 6.07) is 23.2. The summed E-state index contributed by atoms with van der Waals surface area (Å²) in [5, 5.41) is 2.97. The molecule has 0 aromatic heterocycles. The lowest BCUT2D eigenvalue weighted by Gasteiger charge is -2.32. The number of rotatable bonds is 10. The zero-order valence-corrected chi connectivity index (χ0v) is 23.1. The molecule has 6 nitrogen and oxygen atoms in total. The van der Waals surface area contributed by atoms with Crippen LogP contribution in [0.25, 0.3) is 0 Å². The zero-order valence-electron chi connectivity index (χ0n) is 21.6. The second-order valence-corrected chi connectivity index (χ2v) is 11.2. The van der Waals surface area contributed by atoms with Crippen molar-refractivity contribution in [3.8, 4) is 0 Å². The summed E-state index contributed by atoms with van der Waals surface area (Å²) in [7, 11) is -4.35. The van der Waals surface area contributed by atoms with Gasteiger partial charge < -0.3 is 4.74 Å². The van der Waals surface area contributed by atoms with Gasteiger partial charge in [-0.15, -0.1) is 0 Å². The normalized spacial score (nSPS) is 12.0. The quantitative estimate of drug-likeness (QED) is 0.193. The van der Waals surface area contributed by atoms with Gasteiger partial charge in [-0.1, -0.05) is 54.1 Å². The minimum absolute atomic E-state index is 0.118. The molecule has 208 valence electrons. The third-order valence-electron chi connectivity index (χ3n) is 6.22. The molecular formula is C30H27ClF2N2O4S. The van der Waals surface area contributed by atoms with E-state index in [1.54, 1.807) is 49.4 Å². The van der Waals surface area contributed by atoms with Crippen LogP contribution in [0.1, 0.15) is 30.5 Å². The van der Waals surface area contributed by atoms with Crippen LogP contribution in [0.3, 0.4) is 0 Å². The standard InChI is InChI=1S/C30H27ClF2N2O4S/c1-21(27-12-6-5-8-22(27)9-7-19-39-30(36)34-25-10-3-2-4-11-25)35(29-20-24(32)15-18-28(29)33)40(37,38)26-16-13-23(31)14-17-26/h2-6,8,10-18,20-21H,7,9,19H2,1H3,(H,34,36)/t21-/m1/s1. The predicted octanol–water partition coefficient (Wildman–Crippen LogP) is 7.76. The average molecular weight is 585 g/mol. The van der Waals surface area contributed by atoms with Crippen molar-refractivity contribution >= 4 is 39.1 Å². The smallest absolute Gasteiger partial charge is 0.411 e. The van der Waals surface area contributed by atoms with E-state index in [2.05, 4.69) is 5.32 Å². The third kappa shape index (κ3) is 6.97. The molecule has 0 radical (unpaired) electrons. The molecule has 40 heavy (non-hydrogen) atoms. The van der Waals surface area contributed by atoms with Gasteiger partial charge in [0.2, 0.25) is 0 Å². The third-order valence-corrected chi connectivity index (χ3v) is 8.37. The number of para-hydroxylation sites is 1. The maximum Gasteiger partial charge on any atom is 0.411 e. The van der Waals surface area contributed by atoms with E-state index in [1.807, 2.05) is 12.1 Å². The van der Waals surface area contributed by atoms with Crippen molar-refractivity contribution in [3.05, 3.63) is 125 Å². The number of carbonyl (C=O) groups excluding carboxylic acids is 1. The summed E-state index contributed by atoms with van der Waals surface area (Å²) in [6.07, 6.45) is 0.304. The van der Waals surface area contributed by atoms with Crippen LogP contribution in [0.15, 0.2) is 102 Å². The Hall–Kier alpha value is -3.95. The lowest BCUT2D eigenvalue weighted by atomic mass is 9.97. The summed E-state index contributed by atoms with van der Waals surface area (Å²) >= 11 is 5.95. The minimum atomic E-state index is -4.35. The molecule has 1 atom stereocenters. The van der Waals surface area contributed by atoms with Gasteiger partial charge in [0.25, 0.3) is 10.0 Å². The molecule has 4 aromatic rings. The number of amides is 1. The van der Waals surface area contributed by atoms with Crippen LogP contribution in [-0.2, 0) is 21.2 Å². The van der Waals surface area contributed by atoms with Crippen LogP contribution >= 0.6 is 11.6 Å². The molecule has 0 heterocycles. The summed E-state index contributed by atoms with van der Waals surface area (Å²) in [5.74, 6) is -1.67. The van der Waals surface area contributed by atoms with Gasteiger partial charge in [0.05, 0.1) is 23.2 Å². The number of hydrogen-bond acceptors (Lipinski definition) is 4. The number of nitrogens with one attached hydrogen (secondary N) is 1. The molecule has 10 heteroatoms. The number of carbonyl (C=O) groups is 1. The number of benzene rings is 4. The molecule has 0 aliphatic heterocycles. The Labute approximate surface area is 237 Å². The Bertz CT molecular complexity index is 1570. The van der Waals surface area contributed by atoms with Gasteiger partial charge in [0, 0.05) is 16.8 Å². The van der Waals surface area contributed by atoms with E-state index in [0.717, 1.165) is 28.1 Å². The maximum absolute atomic E-state index is 15.0. The highest BCUT2D eigenvalue weighted by Crippen LogP contribution is 2.37. The van der Waals surface area contributed by atoms with Crippen molar-refractivity contribution in [1.29, 1.82) is 0 Å². The van der Waals surface area contributed by atoms with E-state index in [-0.39, 0.29) is 11.5 Å². The van der Waals surface area contributed by atoms with E-state index in [9.17, 15) is 17.6 Å². The Morgan fingerprint density at radius 3 is 2.35 bits per heavy atom. The summed E-state index contributed by atoms with van der Waals surface area (Å²) in [6.45, 7) is 1.73. The van der Waals surface area contributed by atoms with Gasteiger partial charge in [-0.05, 0) is 79.4 Å². The Morgan fingerprint density at radius 1 is 0.950 bits per heavy atom. The lowest BCUT2D eigenvalue weighted by molar-refractivity contribution is 0.160. The fraction of sp³-hybridized carbons (Fsp3) is 0.167. The Morgan fingerprint density at radius 2 is 1.62 bits per heavy atom. The van der Waals surface area contributed by atoms with Crippen LogP contribution in [0, 0.1) is 11.6 Å². The first-order chi connectivity index (χ1) is 19.2. The second-order valence-electron chi connectivity index (χ2n) is 8.96. The van der Waals surface area contributed by atoms with E-state index < -0.39 is 39.5 Å².